The minimum absolute atomic E-state index is 0.0826. The topological polar surface area (TPSA) is 64.8 Å². The zero-order valence-corrected chi connectivity index (χ0v) is 12.9. The Balaban J connectivity index is 2.65. The van der Waals surface area contributed by atoms with E-state index in [9.17, 15) is 4.79 Å². The van der Waals surface area contributed by atoms with Crippen LogP contribution in [0.25, 0.3) is 0 Å². The molecular weight excluding hydrogens is 256 g/mol. The molecule has 0 saturated heterocycles. The number of hydrogen-bond acceptors (Lipinski definition) is 4. The minimum atomic E-state index is -0.197. The molecule has 0 aromatic heterocycles. The molecule has 0 aliphatic heterocycles. The number of carbonyl (C=O) groups excluding carboxylic acids is 1. The molecule has 1 aromatic carbocycles. The van der Waals surface area contributed by atoms with Crippen LogP contribution in [0.5, 0.6) is 5.75 Å². The first-order valence-electron chi connectivity index (χ1n) is 6.58. The molecule has 5 nitrogen and oxygen atoms in total. The van der Waals surface area contributed by atoms with Gasteiger partial charge in [0, 0.05) is 19.7 Å². The van der Waals surface area contributed by atoms with Crippen LogP contribution in [-0.4, -0.2) is 43.7 Å². The van der Waals surface area contributed by atoms with Crippen molar-refractivity contribution in [1.29, 1.82) is 0 Å². The SMILES string of the molecule is CN(C)C(=O)c1ccc(N)c(OCCOC(C)(C)C)c1. The number of rotatable bonds is 5. The lowest BCUT2D eigenvalue weighted by Crippen LogP contribution is -2.23. The molecule has 0 aliphatic rings. The van der Waals surface area contributed by atoms with E-state index in [1.807, 2.05) is 20.8 Å². The van der Waals surface area contributed by atoms with Crippen molar-refractivity contribution < 1.29 is 14.3 Å². The number of amides is 1. The number of anilines is 1. The maximum atomic E-state index is 11.9. The monoisotopic (exact) mass is 280 g/mol. The van der Waals surface area contributed by atoms with Crippen LogP contribution in [0.2, 0.25) is 0 Å². The number of hydrogen-bond donors (Lipinski definition) is 1. The number of benzene rings is 1. The van der Waals surface area contributed by atoms with E-state index in [-0.39, 0.29) is 11.5 Å². The van der Waals surface area contributed by atoms with Crippen molar-refractivity contribution >= 4 is 11.6 Å². The zero-order chi connectivity index (χ0) is 15.3. The summed E-state index contributed by atoms with van der Waals surface area (Å²) in [6.45, 7) is 6.81. The van der Waals surface area contributed by atoms with Crippen molar-refractivity contribution in [3.05, 3.63) is 23.8 Å². The molecule has 1 rings (SSSR count). The van der Waals surface area contributed by atoms with E-state index >= 15 is 0 Å². The average molecular weight is 280 g/mol. The maximum absolute atomic E-state index is 11.9. The lowest BCUT2D eigenvalue weighted by molar-refractivity contribution is -0.0162. The second-order valence-electron chi connectivity index (χ2n) is 5.76. The highest BCUT2D eigenvalue weighted by Gasteiger charge is 2.12. The van der Waals surface area contributed by atoms with Gasteiger partial charge in [0.1, 0.15) is 12.4 Å². The lowest BCUT2D eigenvalue weighted by Gasteiger charge is -2.20. The molecule has 112 valence electrons. The molecule has 5 heteroatoms. The summed E-state index contributed by atoms with van der Waals surface area (Å²) < 4.78 is 11.1. The number of carbonyl (C=O) groups is 1. The largest absolute Gasteiger partial charge is 0.489 e. The van der Waals surface area contributed by atoms with Crippen LogP contribution >= 0.6 is 0 Å². The number of nitrogens with zero attached hydrogens (tertiary/aromatic N) is 1. The highest BCUT2D eigenvalue weighted by atomic mass is 16.5. The summed E-state index contributed by atoms with van der Waals surface area (Å²) in [6.07, 6.45) is 0. The maximum Gasteiger partial charge on any atom is 0.253 e. The molecule has 0 heterocycles. The summed E-state index contributed by atoms with van der Waals surface area (Å²) in [6, 6.07) is 5.03. The van der Waals surface area contributed by atoms with Crippen LogP contribution in [0.4, 0.5) is 5.69 Å². The minimum Gasteiger partial charge on any atom is -0.489 e. The lowest BCUT2D eigenvalue weighted by atomic mass is 10.1. The van der Waals surface area contributed by atoms with Crippen LogP contribution in [-0.2, 0) is 4.74 Å². The van der Waals surface area contributed by atoms with Crippen LogP contribution < -0.4 is 10.5 Å². The van der Waals surface area contributed by atoms with E-state index in [0.717, 1.165) is 0 Å². The third kappa shape index (κ3) is 5.09. The van der Waals surface area contributed by atoms with E-state index in [0.29, 0.717) is 30.2 Å². The summed E-state index contributed by atoms with van der Waals surface area (Å²) >= 11 is 0. The Labute approximate surface area is 120 Å². The van der Waals surface area contributed by atoms with Crippen LogP contribution in [0.15, 0.2) is 18.2 Å². The molecule has 0 saturated carbocycles. The zero-order valence-electron chi connectivity index (χ0n) is 12.9. The van der Waals surface area contributed by atoms with Crippen molar-refractivity contribution in [3.8, 4) is 5.75 Å². The molecule has 0 radical (unpaired) electrons. The first-order chi connectivity index (χ1) is 9.20. The van der Waals surface area contributed by atoms with Gasteiger partial charge in [0.2, 0.25) is 0 Å². The van der Waals surface area contributed by atoms with Crippen molar-refractivity contribution in [1.82, 2.24) is 4.90 Å². The average Bonchev–Trinajstić information content (AvgIpc) is 2.34. The number of nitrogens with two attached hydrogens (primary N) is 1. The summed E-state index contributed by atoms with van der Waals surface area (Å²) in [5, 5.41) is 0. The Hall–Kier alpha value is -1.75. The summed E-state index contributed by atoms with van der Waals surface area (Å²) in [4.78, 5) is 13.4. The van der Waals surface area contributed by atoms with Gasteiger partial charge in [0.25, 0.3) is 5.91 Å². The van der Waals surface area contributed by atoms with E-state index in [4.69, 9.17) is 15.2 Å². The third-order valence-corrected chi connectivity index (χ3v) is 2.54. The molecule has 0 spiro atoms. The van der Waals surface area contributed by atoms with Crippen molar-refractivity contribution in [3.63, 3.8) is 0 Å². The Kier molecular flexibility index (Phi) is 5.39. The van der Waals surface area contributed by atoms with Gasteiger partial charge in [-0.25, -0.2) is 0 Å². The van der Waals surface area contributed by atoms with Crippen LogP contribution in [0, 0.1) is 0 Å². The second kappa shape index (κ2) is 6.61. The Morgan fingerprint density at radius 2 is 1.90 bits per heavy atom. The van der Waals surface area contributed by atoms with E-state index in [1.54, 1.807) is 32.3 Å². The van der Waals surface area contributed by atoms with Gasteiger partial charge in [-0.2, -0.15) is 0 Å². The van der Waals surface area contributed by atoms with Crippen LogP contribution in [0.1, 0.15) is 31.1 Å². The molecule has 0 atom stereocenters. The normalized spacial score (nSPS) is 11.2. The smallest absolute Gasteiger partial charge is 0.253 e. The van der Waals surface area contributed by atoms with Gasteiger partial charge in [-0.15, -0.1) is 0 Å². The molecule has 2 N–H and O–H groups in total. The predicted octanol–water partition coefficient (Wildman–Crippen LogP) is 2.16. The highest BCUT2D eigenvalue weighted by molar-refractivity contribution is 5.94. The number of nitrogen functional groups attached to an aromatic ring is 1. The second-order valence-corrected chi connectivity index (χ2v) is 5.76. The fourth-order valence-electron chi connectivity index (χ4n) is 1.55. The standard InChI is InChI=1S/C15H24N2O3/c1-15(2,3)20-9-8-19-13-10-11(6-7-12(13)16)14(18)17(4)5/h6-7,10H,8-9,16H2,1-5H3. The van der Waals surface area contributed by atoms with Crippen molar-refractivity contribution in [2.45, 2.75) is 26.4 Å². The number of ether oxygens (including phenoxy) is 2. The molecule has 1 amide bonds. The molecule has 0 unspecified atom stereocenters. The van der Waals surface area contributed by atoms with Crippen molar-refractivity contribution in [2.75, 3.05) is 33.0 Å². The Morgan fingerprint density at radius 3 is 2.45 bits per heavy atom. The fraction of sp³-hybridized carbons (Fsp3) is 0.533. The van der Waals surface area contributed by atoms with Crippen LogP contribution in [0.3, 0.4) is 0 Å². The van der Waals surface area contributed by atoms with Gasteiger partial charge < -0.3 is 20.1 Å². The van der Waals surface area contributed by atoms with E-state index in [2.05, 4.69) is 0 Å². The van der Waals surface area contributed by atoms with Gasteiger partial charge in [0.05, 0.1) is 17.9 Å². The molecule has 0 aliphatic carbocycles. The fourth-order valence-corrected chi connectivity index (χ4v) is 1.55. The quantitative estimate of drug-likeness (QED) is 0.663. The molecule has 1 aromatic rings. The molecular formula is C15H24N2O3. The summed E-state index contributed by atoms with van der Waals surface area (Å²) in [5.74, 6) is 0.427. The van der Waals surface area contributed by atoms with Crippen molar-refractivity contribution in [2.24, 2.45) is 0 Å². The van der Waals surface area contributed by atoms with Gasteiger partial charge in [0.15, 0.2) is 0 Å². The molecule has 0 fully saturated rings. The first-order valence-corrected chi connectivity index (χ1v) is 6.58. The van der Waals surface area contributed by atoms with E-state index in [1.165, 1.54) is 4.90 Å². The Morgan fingerprint density at radius 1 is 1.25 bits per heavy atom. The first kappa shape index (κ1) is 16.3. The Bertz CT molecular complexity index is 465. The third-order valence-electron chi connectivity index (χ3n) is 2.54. The highest BCUT2D eigenvalue weighted by Crippen LogP contribution is 2.23. The molecule has 0 bridgehead atoms. The van der Waals surface area contributed by atoms with E-state index < -0.39 is 0 Å². The summed E-state index contributed by atoms with van der Waals surface area (Å²) in [5.41, 5.74) is 6.71. The summed E-state index contributed by atoms with van der Waals surface area (Å²) in [7, 11) is 3.41. The van der Waals surface area contributed by atoms with Gasteiger partial charge in [-0.05, 0) is 39.0 Å². The molecule has 20 heavy (non-hydrogen) atoms. The van der Waals surface area contributed by atoms with Gasteiger partial charge in [-0.1, -0.05) is 0 Å². The van der Waals surface area contributed by atoms with Gasteiger partial charge in [-0.3, -0.25) is 4.79 Å². The predicted molar refractivity (Wildman–Crippen MR) is 80.1 cm³/mol. The van der Waals surface area contributed by atoms with Gasteiger partial charge >= 0.3 is 0 Å².